The molecule has 4 amide bonds. The third-order valence-electron chi connectivity index (χ3n) is 8.51. The number of hydrogen-bond acceptors (Lipinski definition) is 8. The smallest absolute Gasteiger partial charge is 0.290 e. The minimum Gasteiger partial charge on any atom is -0.371 e. The third kappa shape index (κ3) is 8.13. The topological polar surface area (TPSA) is 138 Å². The molecule has 10 nitrogen and oxygen atoms in total. The summed E-state index contributed by atoms with van der Waals surface area (Å²) >= 11 is 0.901. The lowest BCUT2D eigenvalue weighted by Gasteiger charge is -2.36. The van der Waals surface area contributed by atoms with Gasteiger partial charge in [0.1, 0.15) is 0 Å². The number of anilines is 1. The Labute approximate surface area is 261 Å². The molecule has 232 valence electrons. The Hall–Kier alpha value is -3.99. The predicted molar refractivity (Wildman–Crippen MR) is 172 cm³/mol. The van der Waals surface area contributed by atoms with Gasteiger partial charge in [0.05, 0.1) is 10.4 Å². The molecule has 1 aromatic heterocycles. The molecule has 0 bridgehead atoms. The van der Waals surface area contributed by atoms with E-state index in [9.17, 15) is 24.0 Å². The summed E-state index contributed by atoms with van der Waals surface area (Å²) in [6.07, 6.45) is 12.8. The summed E-state index contributed by atoms with van der Waals surface area (Å²) in [5.74, 6) is -0.286. The van der Waals surface area contributed by atoms with Gasteiger partial charge in [-0.05, 0) is 99.5 Å². The van der Waals surface area contributed by atoms with E-state index in [0.29, 0.717) is 24.2 Å². The SMILES string of the molecule is CC=CC(=O)CCCC(=O)NC1CCC(C(=O)NC2CCN(c3ccnc4ccc(C=C5SC(=O)NC5=O)cc34)CC2)CC1. The Morgan fingerprint density at radius 3 is 2.45 bits per heavy atom. The van der Waals surface area contributed by atoms with Crippen LogP contribution in [-0.2, 0) is 19.2 Å². The van der Waals surface area contributed by atoms with Gasteiger partial charge < -0.3 is 15.5 Å². The summed E-state index contributed by atoms with van der Waals surface area (Å²) < 4.78 is 0. The van der Waals surface area contributed by atoms with Crippen LogP contribution in [0.25, 0.3) is 17.0 Å². The van der Waals surface area contributed by atoms with Crippen molar-refractivity contribution < 1.29 is 24.0 Å². The van der Waals surface area contributed by atoms with Crippen molar-refractivity contribution in [3.05, 3.63) is 53.1 Å². The molecular weight excluding hydrogens is 578 g/mol. The highest BCUT2D eigenvalue weighted by Gasteiger charge is 2.30. The number of nitrogens with zero attached hydrogens (tertiary/aromatic N) is 2. The first-order valence-corrected chi connectivity index (χ1v) is 16.2. The Morgan fingerprint density at radius 2 is 1.75 bits per heavy atom. The second kappa shape index (κ2) is 14.7. The van der Waals surface area contributed by atoms with E-state index in [4.69, 9.17) is 0 Å². The average Bonchev–Trinajstić information content (AvgIpc) is 3.33. The van der Waals surface area contributed by atoms with Crippen LogP contribution in [0, 0.1) is 5.92 Å². The molecule has 0 spiro atoms. The van der Waals surface area contributed by atoms with Crippen LogP contribution < -0.4 is 20.9 Å². The maximum absolute atomic E-state index is 13.1. The van der Waals surface area contributed by atoms with E-state index in [0.717, 1.165) is 85.5 Å². The highest BCUT2D eigenvalue weighted by Crippen LogP contribution is 2.32. The van der Waals surface area contributed by atoms with Crippen molar-refractivity contribution in [1.82, 2.24) is 20.9 Å². The molecule has 11 heteroatoms. The lowest BCUT2D eigenvalue weighted by molar-refractivity contribution is -0.127. The van der Waals surface area contributed by atoms with Crippen molar-refractivity contribution in [1.29, 1.82) is 0 Å². The quantitative estimate of drug-likeness (QED) is 0.328. The number of pyridine rings is 1. The molecule has 3 N–H and O–H groups in total. The van der Waals surface area contributed by atoms with E-state index < -0.39 is 0 Å². The fraction of sp³-hybridized carbons (Fsp3) is 0.455. The standard InChI is InChI=1S/C33H39N5O5S/c1-2-4-25(39)5-3-6-30(40)35-23-10-8-22(9-11-23)31(41)36-24-14-17-38(18-15-24)28-13-16-34-27-12-7-21(19-26(27)28)20-29-32(42)37-33(43)44-29/h2,4,7,12-13,16,19-20,22-24H,3,5-6,8-11,14-15,17-18H2,1H3,(H,35,40)(H,36,41)(H,37,42,43). The Morgan fingerprint density at radius 1 is 1.00 bits per heavy atom. The lowest BCUT2D eigenvalue weighted by atomic mass is 9.85. The number of amides is 4. The number of fused-ring (bicyclic) bond motifs is 1. The highest BCUT2D eigenvalue weighted by atomic mass is 32.2. The van der Waals surface area contributed by atoms with E-state index in [1.54, 1.807) is 25.3 Å². The number of hydrogen-bond donors (Lipinski definition) is 3. The second-order valence-corrected chi connectivity index (χ2v) is 12.7. The number of aromatic nitrogens is 1. The predicted octanol–water partition coefficient (Wildman–Crippen LogP) is 4.63. The van der Waals surface area contributed by atoms with Crippen molar-refractivity contribution >= 4 is 63.2 Å². The largest absolute Gasteiger partial charge is 0.371 e. The molecule has 1 aromatic carbocycles. The van der Waals surface area contributed by atoms with E-state index in [-0.39, 0.29) is 46.7 Å². The molecule has 2 aromatic rings. The summed E-state index contributed by atoms with van der Waals surface area (Å²) in [7, 11) is 0. The normalized spacial score (nSPS) is 22.0. The number of piperidine rings is 1. The maximum atomic E-state index is 13.1. The van der Waals surface area contributed by atoms with Crippen LogP contribution in [0.15, 0.2) is 47.5 Å². The molecule has 1 aliphatic carbocycles. The van der Waals surface area contributed by atoms with Gasteiger partial charge in [0, 0.05) is 61.2 Å². The van der Waals surface area contributed by atoms with Gasteiger partial charge in [-0.3, -0.25) is 34.3 Å². The van der Waals surface area contributed by atoms with Crippen molar-refractivity contribution in [3.63, 3.8) is 0 Å². The average molecular weight is 618 g/mol. The number of rotatable bonds is 10. The van der Waals surface area contributed by atoms with Gasteiger partial charge in [-0.1, -0.05) is 12.1 Å². The number of carbonyl (C=O) groups excluding carboxylic acids is 5. The van der Waals surface area contributed by atoms with Crippen molar-refractivity contribution in [2.75, 3.05) is 18.0 Å². The van der Waals surface area contributed by atoms with Gasteiger partial charge >= 0.3 is 0 Å². The summed E-state index contributed by atoms with van der Waals surface area (Å²) in [5.41, 5.74) is 2.74. The molecule has 0 unspecified atom stereocenters. The van der Waals surface area contributed by atoms with Crippen LogP contribution in [0.3, 0.4) is 0 Å². The van der Waals surface area contributed by atoms with Crippen LogP contribution in [0.4, 0.5) is 10.5 Å². The number of imide groups is 1. The first-order chi connectivity index (χ1) is 21.3. The van der Waals surface area contributed by atoms with Crippen molar-refractivity contribution in [2.24, 2.45) is 5.92 Å². The van der Waals surface area contributed by atoms with Gasteiger partial charge in [-0.2, -0.15) is 0 Å². The molecular formula is C33H39N5O5S. The first kappa shape index (κ1) is 31.4. The molecule has 3 fully saturated rings. The number of ketones is 1. The van der Waals surface area contributed by atoms with Gasteiger partial charge in [0.25, 0.3) is 11.1 Å². The monoisotopic (exact) mass is 617 g/mol. The van der Waals surface area contributed by atoms with Crippen LogP contribution >= 0.6 is 11.8 Å². The van der Waals surface area contributed by atoms with Crippen LogP contribution in [0.2, 0.25) is 0 Å². The Kier molecular flexibility index (Phi) is 10.5. The molecule has 3 heterocycles. The van der Waals surface area contributed by atoms with Crippen molar-refractivity contribution in [3.8, 4) is 0 Å². The molecule has 2 aliphatic heterocycles. The Bertz CT molecular complexity index is 1490. The van der Waals surface area contributed by atoms with E-state index >= 15 is 0 Å². The van der Waals surface area contributed by atoms with Gasteiger partial charge in [0.2, 0.25) is 11.8 Å². The zero-order chi connectivity index (χ0) is 31.1. The van der Waals surface area contributed by atoms with Crippen LogP contribution in [0.5, 0.6) is 0 Å². The molecule has 0 radical (unpaired) electrons. The fourth-order valence-corrected chi connectivity index (χ4v) is 6.85. The summed E-state index contributed by atoms with van der Waals surface area (Å²) in [5, 5.41) is 9.26. The second-order valence-electron chi connectivity index (χ2n) is 11.7. The minimum absolute atomic E-state index is 0.0233. The number of carbonyl (C=O) groups is 5. The van der Waals surface area contributed by atoms with Gasteiger partial charge in [-0.25, -0.2) is 0 Å². The highest BCUT2D eigenvalue weighted by molar-refractivity contribution is 8.18. The lowest BCUT2D eigenvalue weighted by Crippen LogP contribution is -2.47. The first-order valence-electron chi connectivity index (χ1n) is 15.4. The summed E-state index contributed by atoms with van der Waals surface area (Å²) in [6, 6.07) is 8.02. The Balaban J connectivity index is 1.08. The number of benzene rings is 1. The van der Waals surface area contributed by atoms with Crippen LogP contribution in [0.1, 0.15) is 70.3 Å². The zero-order valence-corrected chi connectivity index (χ0v) is 25.8. The van der Waals surface area contributed by atoms with Crippen LogP contribution in [-0.4, -0.2) is 58.9 Å². The van der Waals surface area contributed by atoms with E-state index in [2.05, 4.69) is 25.8 Å². The third-order valence-corrected chi connectivity index (χ3v) is 9.32. The number of nitrogens with one attached hydrogen (secondary N) is 3. The van der Waals surface area contributed by atoms with E-state index in [1.807, 2.05) is 24.3 Å². The molecule has 3 aliphatic rings. The molecule has 1 saturated carbocycles. The molecule has 5 rings (SSSR count). The zero-order valence-electron chi connectivity index (χ0n) is 25.0. The minimum atomic E-state index is -0.378. The maximum Gasteiger partial charge on any atom is 0.290 e. The fourth-order valence-electron chi connectivity index (χ4n) is 6.16. The molecule has 0 atom stereocenters. The van der Waals surface area contributed by atoms with E-state index in [1.165, 1.54) is 6.08 Å². The summed E-state index contributed by atoms with van der Waals surface area (Å²) in [6.45, 7) is 3.39. The summed E-state index contributed by atoms with van der Waals surface area (Å²) in [4.78, 5) is 67.7. The van der Waals surface area contributed by atoms with Gasteiger partial charge in [0.15, 0.2) is 5.78 Å². The molecule has 2 saturated heterocycles. The number of thioether (sulfide) groups is 1. The van der Waals surface area contributed by atoms with Crippen molar-refractivity contribution in [2.45, 2.75) is 76.8 Å². The van der Waals surface area contributed by atoms with Gasteiger partial charge in [-0.15, -0.1) is 0 Å². The number of allylic oxidation sites excluding steroid dienone is 2. The molecule has 44 heavy (non-hydrogen) atoms.